The van der Waals surface area contributed by atoms with Crippen molar-refractivity contribution < 1.29 is 4.79 Å². The van der Waals surface area contributed by atoms with Crippen LogP contribution in [0.1, 0.15) is 49.0 Å². The van der Waals surface area contributed by atoms with Gasteiger partial charge in [0.05, 0.1) is 10.6 Å². The quantitative estimate of drug-likeness (QED) is 0.795. The molecule has 0 atom stereocenters. The largest absolute Gasteiger partial charge is 0.347 e. The summed E-state index contributed by atoms with van der Waals surface area (Å²) in [7, 11) is 0. The van der Waals surface area contributed by atoms with E-state index in [4.69, 9.17) is 0 Å². The third-order valence-corrected chi connectivity index (χ3v) is 5.87. The summed E-state index contributed by atoms with van der Waals surface area (Å²) in [5.41, 5.74) is 0.980. The monoisotopic (exact) mass is 298 g/mol. The number of aldehydes is 1. The lowest BCUT2D eigenvalue weighted by molar-refractivity contribution is 0.112. The van der Waals surface area contributed by atoms with Crippen LogP contribution in [0, 0.1) is 0 Å². The van der Waals surface area contributed by atoms with Gasteiger partial charge in [-0.3, -0.25) is 4.79 Å². The molecule has 5 heteroatoms. The molecule has 0 unspecified atom stereocenters. The van der Waals surface area contributed by atoms with Crippen molar-refractivity contribution in [2.24, 2.45) is 0 Å². The number of carbonyl (C=O) groups excluding carboxylic acids is 1. The summed E-state index contributed by atoms with van der Waals surface area (Å²) >= 11 is 3.59. The van der Waals surface area contributed by atoms with Crippen LogP contribution in [0.3, 0.4) is 0 Å². The Labute approximate surface area is 123 Å². The summed E-state index contributed by atoms with van der Waals surface area (Å²) in [4.78, 5) is 19.0. The molecule has 3 nitrogen and oxygen atoms in total. The van der Waals surface area contributed by atoms with Gasteiger partial charge in [0, 0.05) is 23.6 Å². The van der Waals surface area contributed by atoms with Gasteiger partial charge >= 0.3 is 0 Å². The average molecular weight is 298 g/mol. The molecule has 2 heterocycles. The number of thiazole rings is 1. The molecular weight excluding hydrogens is 276 g/mol. The first kappa shape index (κ1) is 14.9. The van der Waals surface area contributed by atoms with Crippen LogP contribution < -0.4 is 4.90 Å². The van der Waals surface area contributed by atoms with Crippen LogP contribution >= 0.6 is 23.1 Å². The normalized spacial score (nSPS) is 19.2. The van der Waals surface area contributed by atoms with E-state index in [0.29, 0.717) is 4.75 Å². The van der Waals surface area contributed by atoms with Crippen molar-refractivity contribution in [2.75, 3.05) is 23.7 Å². The lowest BCUT2D eigenvalue weighted by atomic mass is 10.1. The van der Waals surface area contributed by atoms with Gasteiger partial charge in [0.15, 0.2) is 11.4 Å². The predicted molar refractivity (Wildman–Crippen MR) is 84.9 cm³/mol. The Morgan fingerprint density at radius 2 is 2.21 bits per heavy atom. The van der Waals surface area contributed by atoms with Gasteiger partial charge < -0.3 is 4.90 Å². The molecule has 2 rings (SSSR count). The standard InChI is InChI=1S/C14H22N2OS2/c1-4-5-11-12(10-17)19-13(15-11)16-7-6-14(2,3)18-9-8-16/h10H,4-9H2,1-3H3. The number of anilines is 1. The minimum Gasteiger partial charge on any atom is -0.347 e. The molecule has 1 aromatic heterocycles. The summed E-state index contributed by atoms with van der Waals surface area (Å²) in [6.07, 6.45) is 4.06. The molecule has 0 bridgehead atoms. The molecule has 0 aliphatic carbocycles. The predicted octanol–water partition coefficient (Wildman–Crippen LogP) is 3.63. The van der Waals surface area contributed by atoms with Gasteiger partial charge in [0.1, 0.15) is 0 Å². The van der Waals surface area contributed by atoms with Crippen molar-refractivity contribution in [2.45, 2.75) is 44.8 Å². The summed E-state index contributed by atoms with van der Waals surface area (Å²) in [6.45, 7) is 8.81. The molecule has 0 N–H and O–H groups in total. The van der Waals surface area contributed by atoms with Gasteiger partial charge in [0.25, 0.3) is 0 Å². The fraction of sp³-hybridized carbons (Fsp3) is 0.714. The molecule has 19 heavy (non-hydrogen) atoms. The average Bonchev–Trinajstić information content (AvgIpc) is 2.67. The molecule has 1 saturated heterocycles. The Morgan fingerprint density at radius 1 is 1.42 bits per heavy atom. The zero-order chi connectivity index (χ0) is 13.9. The van der Waals surface area contributed by atoms with Crippen LogP contribution in [0.5, 0.6) is 0 Å². The zero-order valence-electron chi connectivity index (χ0n) is 11.9. The first-order valence-electron chi connectivity index (χ1n) is 6.89. The maximum absolute atomic E-state index is 11.1. The van der Waals surface area contributed by atoms with E-state index < -0.39 is 0 Å². The molecular formula is C14H22N2OS2. The molecule has 1 fully saturated rings. The molecule has 1 aliphatic heterocycles. The highest BCUT2D eigenvalue weighted by Crippen LogP contribution is 2.34. The van der Waals surface area contributed by atoms with Crippen LogP contribution in [-0.4, -0.2) is 34.9 Å². The Morgan fingerprint density at radius 3 is 2.89 bits per heavy atom. The van der Waals surface area contributed by atoms with Gasteiger partial charge in [-0.25, -0.2) is 4.98 Å². The van der Waals surface area contributed by atoms with E-state index in [1.165, 1.54) is 0 Å². The molecule has 106 valence electrons. The summed E-state index contributed by atoms with van der Waals surface area (Å²) in [5, 5.41) is 1.03. The van der Waals surface area contributed by atoms with Gasteiger partial charge in [-0.05, 0) is 12.8 Å². The van der Waals surface area contributed by atoms with Crippen molar-refractivity contribution in [1.29, 1.82) is 0 Å². The van der Waals surface area contributed by atoms with Gasteiger partial charge in [-0.2, -0.15) is 11.8 Å². The van der Waals surface area contributed by atoms with Crippen LogP contribution in [0.25, 0.3) is 0 Å². The number of aromatic nitrogens is 1. The molecule has 0 radical (unpaired) electrons. The first-order valence-corrected chi connectivity index (χ1v) is 8.70. The molecule has 0 spiro atoms. The Balaban J connectivity index is 2.15. The van der Waals surface area contributed by atoms with Crippen molar-refractivity contribution >= 4 is 34.5 Å². The fourth-order valence-corrected chi connectivity index (χ4v) is 4.28. The van der Waals surface area contributed by atoms with E-state index in [2.05, 4.69) is 30.7 Å². The van der Waals surface area contributed by atoms with Crippen molar-refractivity contribution in [3.8, 4) is 0 Å². The maximum atomic E-state index is 11.1. The van der Waals surface area contributed by atoms with Gasteiger partial charge in [0.2, 0.25) is 0 Å². The molecule has 1 aromatic rings. The van der Waals surface area contributed by atoms with E-state index in [-0.39, 0.29) is 0 Å². The number of carbonyl (C=O) groups is 1. The fourth-order valence-electron chi connectivity index (χ4n) is 2.21. The van der Waals surface area contributed by atoms with Crippen LogP contribution in [0.4, 0.5) is 5.13 Å². The van der Waals surface area contributed by atoms with Crippen molar-refractivity contribution in [3.63, 3.8) is 0 Å². The second-order valence-corrected chi connectivity index (χ2v) is 8.33. The highest BCUT2D eigenvalue weighted by molar-refractivity contribution is 8.00. The number of aryl methyl sites for hydroxylation is 1. The van der Waals surface area contributed by atoms with Crippen LogP contribution in [0.2, 0.25) is 0 Å². The van der Waals surface area contributed by atoms with Crippen molar-refractivity contribution in [1.82, 2.24) is 4.98 Å². The third kappa shape index (κ3) is 3.72. The Bertz CT molecular complexity index is 443. The summed E-state index contributed by atoms with van der Waals surface area (Å²) < 4.78 is 0.353. The van der Waals surface area contributed by atoms with Crippen LogP contribution in [-0.2, 0) is 6.42 Å². The topological polar surface area (TPSA) is 33.2 Å². The van der Waals surface area contributed by atoms with E-state index >= 15 is 0 Å². The highest BCUT2D eigenvalue weighted by atomic mass is 32.2. The number of nitrogens with zero attached hydrogens (tertiary/aromatic N) is 2. The van der Waals surface area contributed by atoms with Gasteiger partial charge in [-0.15, -0.1) is 0 Å². The minimum atomic E-state index is 0.353. The SMILES string of the molecule is CCCc1nc(N2CCSC(C)(C)CC2)sc1C=O. The van der Waals surface area contributed by atoms with E-state index in [9.17, 15) is 4.79 Å². The smallest absolute Gasteiger partial charge is 0.186 e. The number of thioether (sulfide) groups is 1. The number of rotatable bonds is 4. The lowest BCUT2D eigenvalue weighted by Gasteiger charge is -2.22. The third-order valence-electron chi connectivity index (χ3n) is 3.42. The second kappa shape index (κ2) is 6.27. The summed E-state index contributed by atoms with van der Waals surface area (Å²) in [6, 6.07) is 0. The number of hydrogen-bond donors (Lipinski definition) is 0. The second-order valence-electron chi connectivity index (χ2n) is 5.52. The summed E-state index contributed by atoms with van der Waals surface area (Å²) in [5.74, 6) is 1.13. The Hall–Kier alpha value is -0.550. The Kier molecular flexibility index (Phi) is 4.90. The molecule has 0 saturated carbocycles. The van der Waals surface area contributed by atoms with Crippen molar-refractivity contribution in [3.05, 3.63) is 10.6 Å². The number of hydrogen-bond acceptors (Lipinski definition) is 5. The highest BCUT2D eigenvalue weighted by Gasteiger charge is 2.25. The van der Waals surface area contributed by atoms with Crippen LogP contribution in [0.15, 0.2) is 0 Å². The minimum absolute atomic E-state index is 0.353. The van der Waals surface area contributed by atoms with E-state index in [1.807, 2.05) is 11.8 Å². The molecule has 0 aromatic carbocycles. The molecule has 1 aliphatic rings. The first-order chi connectivity index (χ1) is 9.05. The molecule has 0 amide bonds. The maximum Gasteiger partial charge on any atom is 0.186 e. The van der Waals surface area contributed by atoms with E-state index in [1.54, 1.807) is 11.3 Å². The zero-order valence-corrected chi connectivity index (χ0v) is 13.6. The van der Waals surface area contributed by atoms with Gasteiger partial charge in [-0.1, -0.05) is 38.5 Å². The lowest BCUT2D eigenvalue weighted by Crippen LogP contribution is -2.26. The van der Waals surface area contributed by atoms with E-state index in [0.717, 1.165) is 60.1 Å².